The molecular formula is C11H14N2O6S2. The number of rotatable bonds is 4. The predicted molar refractivity (Wildman–Crippen MR) is 74.0 cm³/mol. The summed E-state index contributed by atoms with van der Waals surface area (Å²) < 4.78 is 31.5. The number of nitrogens with one attached hydrogen (secondary N) is 1. The molecular weight excluding hydrogens is 320 g/mol. The summed E-state index contributed by atoms with van der Waals surface area (Å²) in [5.41, 5.74) is 0. The zero-order valence-electron chi connectivity index (χ0n) is 11.1. The number of hydrogen-bond acceptors (Lipinski definition) is 6. The second-order valence-corrected chi connectivity index (χ2v) is 7.04. The Balaban J connectivity index is 2.15. The highest BCUT2D eigenvalue weighted by molar-refractivity contribution is 7.89. The van der Waals surface area contributed by atoms with Crippen molar-refractivity contribution in [2.45, 2.75) is 17.4 Å². The van der Waals surface area contributed by atoms with E-state index in [0.717, 1.165) is 16.2 Å². The molecule has 2 N–H and O–H groups in total. The van der Waals surface area contributed by atoms with Gasteiger partial charge in [0.2, 0.25) is 10.0 Å². The van der Waals surface area contributed by atoms with Crippen molar-refractivity contribution in [3.8, 4) is 0 Å². The molecule has 1 amide bonds. The minimum Gasteiger partial charge on any atom is -0.465 e. The number of ether oxygens (including phenoxy) is 1. The maximum Gasteiger partial charge on any atom is 0.407 e. The van der Waals surface area contributed by atoms with Gasteiger partial charge >= 0.3 is 12.1 Å². The van der Waals surface area contributed by atoms with Gasteiger partial charge in [0.1, 0.15) is 9.77 Å². The molecule has 1 saturated heterocycles. The first-order valence-electron chi connectivity index (χ1n) is 6.01. The molecule has 1 fully saturated rings. The summed E-state index contributed by atoms with van der Waals surface area (Å²) >= 11 is 0.974. The van der Waals surface area contributed by atoms with Crippen LogP contribution < -0.4 is 4.72 Å². The Labute approximate surface area is 125 Å². The van der Waals surface area contributed by atoms with Crippen LogP contribution in [0.1, 0.15) is 16.1 Å². The molecule has 116 valence electrons. The Hall–Kier alpha value is -1.65. The largest absolute Gasteiger partial charge is 0.465 e. The van der Waals surface area contributed by atoms with Crippen LogP contribution in [0.15, 0.2) is 16.3 Å². The number of nitrogens with zero attached hydrogens (tertiary/aromatic N) is 1. The summed E-state index contributed by atoms with van der Waals surface area (Å²) in [4.78, 5) is 23.3. The van der Waals surface area contributed by atoms with E-state index in [2.05, 4.69) is 9.46 Å². The maximum absolute atomic E-state index is 12.3. The molecule has 0 saturated carbocycles. The second kappa shape index (κ2) is 6.00. The van der Waals surface area contributed by atoms with Crippen molar-refractivity contribution in [1.29, 1.82) is 0 Å². The first kappa shape index (κ1) is 15.7. The van der Waals surface area contributed by atoms with E-state index in [9.17, 15) is 18.0 Å². The average molecular weight is 334 g/mol. The van der Waals surface area contributed by atoms with Gasteiger partial charge < -0.3 is 14.7 Å². The molecule has 0 aliphatic carbocycles. The number of esters is 1. The van der Waals surface area contributed by atoms with E-state index >= 15 is 0 Å². The van der Waals surface area contributed by atoms with Crippen LogP contribution in [-0.2, 0) is 14.8 Å². The predicted octanol–water partition coefficient (Wildman–Crippen LogP) is 0.565. The number of hydrogen-bond donors (Lipinski definition) is 2. The molecule has 1 atom stereocenters. The van der Waals surface area contributed by atoms with Gasteiger partial charge in [0.15, 0.2) is 0 Å². The fourth-order valence-electron chi connectivity index (χ4n) is 2.06. The zero-order valence-corrected chi connectivity index (χ0v) is 12.7. The monoisotopic (exact) mass is 334 g/mol. The number of carbonyl (C=O) groups is 2. The van der Waals surface area contributed by atoms with E-state index in [-0.39, 0.29) is 22.9 Å². The van der Waals surface area contributed by atoms with Crippen LogP contribution in [0.3, 0.4) is 0 Å². The summed E-state index contributed by atoms with van der Waals surface area (Å²) in [5, 5.41) is 10.3. The van der Waals surface area contributed by atoms with Gasteiger partial charge in [0.25, 0.3) is 0 Å². The van der Waals surface area contributed by atoms with Gasteiger partial charge in [-0.25, -0.2) is 22.7 Å². The number of sulfonamides is 1. The normalized spacial score (nSPS) is 18.7. The van der Waals surface area contributed by atoms with Crippen molar-refractivity contribution in [1.82, 2.24) is 9.62 Å². The van der Waals surface area contributed by atoms with E-state index in [1.54, 1.807) is 0 Å². The number of methoxy groups -OCH3 is 1. The molecule has 2 rings (SSSR count). The van der Waals surface area contributed by atoms with E-state index in [1.807, 2.05) is 0 Å². The summed E-state index contributed by atoms with van der Waals surface area (Å²) in [7, 11) is -2.72. The van der Waals surface area contributed by atoms with Gasteiger partial charge in [0, 0.05) is 19.1 Å². The lowest BCUT2D eigenvalue weighted by molar-refractivity contribution is 0.0602. The quantitative estimate of drug-likeness (QED) is 0.778. The molecule has 0 radical (unpaired) electrons. The Morgan fingerprint density at radius 2 is 2.24 bits per heavy atom. The molecule has 2 heterocycles. The van der Waals surface area contributed by atoms with Crippen molar-refractivity contribution in [2.24, 2.45) is 0 Å². The van der Waals surface area contributed by atoms with Crippen molar-refractivity contribution in [3.63, 3.8) is 0 Å². The van der Waals surface area contributed by atoms with Crippen LogP contribution in [-0.4, -0.2) is 56.7 Å². The molecule has 1 aliphatic heterocycles. The van der Waals surface area contributed by atoms with Crippen molar-refractivity contribution < 1.29 is 27.9 Å². The third-order valence-corrected chi connectivity index (χ3v) is 5.66. The fourth-order valence-corrected chi connectivity index (χ4v) is 4.66. The molecule has 10 heteroatoms. The van der Waals surface area contributed by atoms with Gasteiger partial charge in [0.05, 0.1) is 7.11 Å². The van der Waals surface area contributed by atoms with E-state index in [4.69, 9.17) is 5.11 Å². The van der Waals surface area contributed by atoms with Gasteiger partial charge in [-0.1, -0.05) is 0 Å². The molecule has 1 aromatic rings. The Morgan fingerprint density at radius 3 is 2.81 bits per heavy atom. The summed E-state index contributed by atoms with van der Waals surface area (Å²) in [5.74, 6) is -0.719. The first-order valence-corrected chi connectivity index (χ1v) is 8.37. The standard InChI is InChI=1S/C11H14N2O6S2/c1-19-10(14)9-8(3-5-20-9)21(17,18)12-7-2-4-13(6-7)11(15)16/h3,5,7,12H,2,4,6H2,1H3,(H,15,16)/t7-/m1/s1. The lowest BCUT2D eigenvalue weighted by Gasteiger charge is -2.14. The third-order valence-electron chi connectivity index (χ3n) is 3.07. The van der Waals surface area contributed by atoms with E-state index in [1.165, 1.54) is 18.6 Å². The summed E-state index contributed by atoms with van der Waals surface area (Å²) in [6.07, 6.45) is -0.689. The molecule has 0 spiro atoms. The van der Waals surface area contributed by atoms with Gasteiger partial charge in [-0.2, -0.15) is 0 Å². The average Bonchev–Trinajstić information content (AvgIpc) is 3.05. The molecule has 21 heavy (non-hydrogen) atoms. The van der Waals surface area contributed by atoms with Gasteiger partial charge in [-0.15, -0.1) is 11.3 Å². The highest BCUT2D eigenvalue weighted by Crippen LogP contribution is 2.23. The fraction of sp³-hybridized carbons (Fsp3) is 0.455. The molecule has 0 unspecified atom stereocenters. The van der Waals surface area contributed by atoms with Crippen LogP contribution >= 0.6 is 11.3 Å². The van der Waals surface area contributed by atoms with Crippen LogP contribution in [0.5, 0.6) is 0 Å². The van der Waals surface area contributed by atoms with Crippen LogP contribution in [0.4, 0.5) is 4.79 Å². The maximum atomic E-state index is 12.3. The third kappa shape index (κ3) is 3.34. The van der Waals surface area contributed by atoms with Crippen molar-refractivity contribution >= 4 is 33.4 Å². The Kier molecular flexibility index (Phi) is 4.49. The van der Waals surface area contributed by atoms with E-state index in [0.29, 0.717) is 6.42 Å². The minimum atomic E-state index is -3.90. The number of likely N-dealkylation sites (tertiary alicyclic amines) is 1. The molecule has 1 aromatic heterocycles. The number of thiophene rings is 1. The number of carboxylic acid groups (broad SMARTS) is 1. The summed E-state index contributed by atoms with van der Waals surface area (Å²) in [6.45, 7) is 0.363. The lowest BCUT2D eigenvalue weighted by atomic mass is 10.3. The van der Waals surface area contributed by atoms with Gasteiger partial charge in [-0.3, -0.25) is 0 Å². The highest BCUT2D eigenvalue weighted by atomic mass is 32.2. The van der Waals surface area contributed by atoms with E-state index < -0.39 is 28.1 Å². The van der Waals surface area contributed by atoms with Crippen LogP contribution in [0, 0.1) is 0 Å². The lowest BCUT2D eigenvalue weighted by Crippen LogP contribution is -2.38. The molecule has 0 bridgehead atoms. The van der Waals surface area contributed by atoms with Gasteiger partial charge in [-0.05, 0) is 17.9 Å². The Bertz CT molecular complexity index is 653. The first-order chi connectivity index (χ1) is 9.85. The topological polar surface area (TPSA) is 113 Å². The number of carbonyl (C=O) groups excluding carboxylic acids is 1. The number of amides is 1. The summed E-state index contributed by atoms with van der Waals surface area (Å²) in [6, 6.07) is 0.819. The van der Waals surface area contributed by atoms with Crippen LogP contribution in [0.25, 0.3) is 0 Å². The van der Waals surface area contributed by atoms with Crippen molar-refractivity contribution in [3.05, 3.63) is 16.3 Å². The molecule has 8 nitrogen and oxygen atoms in total. The SMILES string of the molecule is COC(=O)c1sccc1S(=O)(=O)N[C@@H]1CCN(C(=O)O)C1. The zero-order chi connectivity index (χ0) is 15.6. The molecule has 1 aliphatic rings. The second-order valence-electron chi connectivity index (χ2n) is 4.44. The molecule has 0 aromatic carbocycles. The smallest absolute Gasteiger partial charge is 0.407 e. The van der Waals surface area contributed by atoms with Crippen LogP contribution in [0.2, 0.25) is 0 Å². The highest BCUT2D eigenvalue weighted by Gasteiger charge is 2.32. The Morgan fingerprint density at radius 1 is 1.52 bits per heavy atom. The van der Waals surface area contributed by atoms with Crippen molar-refractivity contribution in [2.75, 3.05) is 20.2 Å². The minimum absolute atomic E-state index is 0.00177.